The Morgan fingerprint density at radius 3 is 2.71 bits per heavy atom. The van der Waals surface area contributed by atoms with E-state index < -0.39 is 16.8 Å². The molecular formula is C18H24N4O4S2. The molecule has 2 aromatic rings. The Labute approximate surface area is 170 Å². The molecule has 10 heteroatoms. The molecule has 0 saturated heterocycles. The van der Waals surface area contributed by atoms with E-state index in [0.717, 1.165) is 41.7 Å². The fraction of sp³-hybridized carbons (Fsp3) is 0.556. The quantitative estimate of drug-likeness (QED) is 0.316. The first-order chi connectivity index (χ1) is 13.4. The van der Waals surface area contributed by atoms with Crippen LogP contribution in [0.25, 0.3) is 10.2 Å². The average Bonchev–Trinajstić information content (AvgIpc) is 3.30. The van der Waals surface area contributed by atoms with Gasteiger partial charge in [-0.3, -0.25) is 9.59 Å². The monoisotopic (exact) mass is 424 g/mol. The molecule has 1 aliphatic carbocycles. The largest absolute Gasteiger partial charge is 0.465 e. The van der Waals surface area contributed by atoms with Gasteiger partial charge in [0.25, 0.3) is 5.56 Å². The molecule has 2 heterocycles. The fourth-order valence-corrected chi connectivity index (χ4v) is 5.45. The second-order valence-electron chi connectivity index (χ2n) is 6.80. The zero-order valence-corrected chi connectivity index (χ0v) is 17.7. The van der Waals surface area contributed by atoms with Gasteiger partial charge in [0.2, 0.25) is 5.91 Å². The maximum atomic E-state index is 12.8. The highest BCUT2D eigenvalue weighted by Gasteiger charge is 2.26. The van der Waals surface area contributed by atoms with Crippen LogP contribution in [0.2, 0.25) is 0 Å². The van der Waals surface area contributed by atoms with Gasteiger partial charge in [-0.25, -0.2) is 14.5 Å². The van der Waals surface area contributed by atoms with Crippen LogP contribution in [0, 0.1) is 6.92 Å². The predicted molar refractivity (Wildman–Crippen MR) is 110 cm³/mol. The number of nitrogens with one attached hydrogen (secondary N) is 1. The highest BCUT2D eigenvalue weighted by molar-refractivity contribution is 8.00. The molecule has 8 nitrogen and oxygen atoms in total. The smallest absolute Gasteiger partial charge is 0.348 e. The van der Waals surface area contributed by atoms with Crippen molar-refractivity contribution in [1.82, 2.24) is 15.0 Å². The molecule has 1 unspecified atom stereocenters. The van der Waals surface area contributed by atoms with Crippen LogP contribution in [0.1, 0.15) is 54.3 Å². The Balaban J connectivity index is 1.91. The van der Waals surface area contributed by atoms with Crippen LogP contribution < -0.4 is 16.7 Å². The molecule has 152 valence electrons. The van der Waals surface area contributed by atoms with Gasteiger partial charge in [0.05, 0.1) is 17.7 Å². The van der Waals surface area contributed by atoms with Crippen molar-refractivity contribution in [3.63, 3.8) is 0 Å². The molecular weight excluding hydrogens is 400 g/mol. The highest BCUT2D eigenvalue weighted by atomic mass is 32.2. The Hall–Kier alpha value is -2.07. The van der Waals surface area contributed by atoms with Gasteiger partial charge in [-0.1, -0.05) is 31.5 Å². The molecule has 3 rings (SSSR count). The van der Waals surface area contributed by atoms with Crippen molar-refractivity contribution in [2.75, 3.05) is 13.0 Å². The molecule has 1 fully saturated rings. The van der Waals surface area contributed by atoms with Crippen LogP contribution in [0.4, 0.5) is 0 Å². The lowest BCUT2D eigenvalue weighted by molar-refractivity contribution is -0.121. The summed E-state index contributed by atoms with van der Waals surface area (Å²) in [4.78, 5) is 42.5. The Morgan fingerprint density at radius 2 is 2.11 bits per heavy atom. The summed E-state index contributed by atoms with van der Waals surface area (Å²) >= 11 is 2.26. The van der Waals surface area contributed by atoms with E-state index in [1.54, 1.807) is 6.92 Å². The van der Waals surface area contributed by atoms with Gasteiger partial charge in [0.15, 0.2) is 5.16 Å². The summed E-state index contributed by atoms with van der Waals surface area (Å²) in [7, 11) is 1.29. The van der Waals surface area contributed by atoms with E-state index in [1.165, 1.54) is 18.9 Å². The number of carbonyl (C=O) groups is 2. The maximum Gasteiger partial charge on any atom is 0.348 e. The molecule has 1 aliphatic rings. The topological polar surface area (TPSA) is 116 Å². The van der Waals surface area contributed by atoms with Crippen LogP contribution >= 0.6 is 23.1 Å². The number of nitrogens with zero attached hydrogens (tertiary/aromatic N) is 2. The summed E-state index contributed by atoms with van der Waals surface area (Å²) in [5.74, 6) is 5.40. The molecule has 1 amide bonds. The highest BCUT2D eigenvalue weighted by Crippen LogP contribution is 2.31. The van der Waals surface area contributed by atoms with Gasteiger partial charge >= 0.3 is 5.97 Å². The molecule has 1 atom stereocenters. The minimum atomic E-state index is -0.514. The standard InChI is InChI=1S/C18H24N4O4S2/c1-4-11(14(23)20-10-7-5-6-8-10)27-18-21-15-12(16(24)22(18)19)9(2)13(28-15)17(25)26-3/h10-11H,4-8,19H2,1-3H3,(H,20,23). The van der Waals surface area contributed by atoms with E-state index in [-0.39, 0.29) is 17.1 Å². The number of aryl methyl sites for hydroxylation is 1. The number of methoxy groups -OCH3 is 1. The number of hydrogen-bond donors (Lipinski definition) is 2. The minimum absolute atomic E-state index is 0.0636. The first-order valence-corrected chi connectivity index (χ1v) is 10.9. The van der Waals surface area contributed by atoms with Crippen molar-refractivity contribution >= 4 is 45.2 Å². The maximum absolute atomic E-state index is 12.8. The molecule has 0 spiro atoms. The number of thioether (sulfide) groups is 1. The summed E-state index contributed by atoms with van der Waals surface area (Å²) in [5.41, 5.74) is 0.0635. The lowest BCUT2D eigenvalue weighted by Gasteiger charge is -2.18. The number of amides is 1. The summed E-state index contributed by atoms with van der Waals surface area (Å²) in [6.45, 7) is 3.58. The summed E-state index contributed by atoms with van der Waals surface area (Å²) in [5, 5.41) is 3.24. The number of hydrogen-bond acceptors (Lipinski definition) is 8. The van der Waals surface area contributed by atoms with E-state index in [1.807, 2.05) is 6.92 Å². The molecule has 0 bridgehead atoms. The summed E-state index contributed by atoms with van der Waals surface area (Å²) in [6, 6.07) is 0.222. The first kappa shape index (κ1) is 20.7. The molecule has 1 saturated carbocycles. The molecule has 28 heavy (non-hydrogen) atoms. The third-order valence-corrected chi connectivity index (χ3v) is 7.44. The van der Waals surface area contributed by atoms with Crippen LogP contribution in [0.3, 0.4) is 0 Å². The second-order valence-corrected chi connectivity index (χ2v) is 8.97. The number of nitrogens with two attached hydrogens (primary N) is 1. The predicted octanol–water partition coefficient (Wildman–Crippen LogP) is 2.20. The number of rotatable bonds is 6. The van der Waals surface area contributed by atoms with Crippen molar-refractivity contribution in [1.29, 1.82) is 0 Å². The van der Waals surface area contributed by atoms with E-state index in [9.17, 15) is 14.4 Å². The molecule has 0 radical (unpaired) electrons. The SMILES string of the molecule is CCC(Sc1nc2sc(C(=O)OC)c(C)c2c(=O)n1N)C(=O)NC1CCCC1. The summed E-state index contributed by atoms with van der Waals surface area (Å²) < 4.78 is 5.73. The van der Waals surface area contributed by atoms with Crippen LogP contribution in [0.5, 0.6) is 0 Å². The third-order valence-electron chi connectivity index (χ3n) is 4.95. The van der Waals surface area contributed by atoms with Gasteiger partial charge in [-0.15, -0.1) is 11.3 Å². The number of fused-ring (bicyclic) bond motifs is 1. The Bertz CT molecular complexity index is 963. The lowest BCUT2D eigenvalue weighted by atomic mass is 10.2. The van der Waals surface area contributed by atoms with Crippen LogP contribution in [-0.4, -0.2) is 39.9 Å². The van der Waals surface area contributed by atoms with E-state index in [4.69, 9.17) is 10.6 Å². The first-order valence-electron chi connectivity index (χ1n) is 9.23. The van der Waals surface area contributed by atoms with Crippen molar-refractivity contribution in [3.8, 4) is 0 Å². The average molecular weight is 425 g/mol. The van der Waals surface area contributed by atoms with Gasteiger partial charge in [0, 0.05) is 6.04 Å². The van der Waals surface area contributed by atoms with Crippen molar-refractivity contribution in [2.45, 2.75) is 62.4 Å². The molecule has 0 aliphatic heterocycles. The zero-order chi connectivity index (χ0) is 20.4. The Morgan fingerprint density at radius 1 is 1.43 bits per heavy atom. The zero-order valence-electron chi connectivity index (χ0n) is 16.1. The van der Waals surface area contributed by atoms with Gasteiger partial charge in [-0.05, 0) is 31.7 Å². The van der Waals surface area contributed by atoms with Crippen molar-refractivity contribution in [3.05, 3.63) is 20.8 Å². The molecule has 2 aromatic heterocycles. The number of carbonyl (C=O) groups excluding carboxylic acids is 2. The van der Waals surface area contributed by atoms with Gasteiger partial charge in [-0.2, -0.15) is 0 Å². The molecule has 0 aromatic carbocycles. The van der Waals surface area contributed by atoms with Gasteiger partial charge < -0.3 is 15.9 Å². The number of thiophene rings is 1. The number of esters is 1. The van der Waals surface area contributed by atoms with Crippen LogP contribution in [0.15, 0.2) is 9.95 Å². The lowest BCUT2D eigenvalue weighted by Crippen LogP contribution is -2.39. The summed E-state index contributed by atoms with van der Waals surface area (Å²) in [6.07, 6.45) is 4.85. The van der Waals surface area contributed by atoms with Crippen LogP contribution in [-0.2, 0) is 9.53 Å². The minimum Gasteiger partial charge on any atom is -0.465 e. The number of aromatic nitrogens is 2. The van der Waals surface area contributed by atoms with E-state index in [0.29, 0.717) is 27.1 Å². The van der Waals surface area contributed by atoms with E-state index in [2.05, 4.69) is 10.3 Å². The van der Waals surface area contributed by atoms with Crippen molar-refractivity contribution < 1.29 is 14.3 Å². The third kappa shape index (κ3) is 3.88. The number of nitrogen functional groups attached to an aromatic ring is 1. The number of ether oxygens (including phenoxy) is 1. The van der Waals surface area contributed by atoms with Crippen molar-refractivity contribution in [2.24, 2.45) is 0 Å². The van der Waals surface area contributed by atoms with E-state index >= 15 is 0 Å². The molecule has 3 N–H and O–H groups in total. The second kappa shape index (κ2) is 8.52. The Kier molecular flexibility index (Phi) is 6.29. The van der Waals surface area contributed by atoms with Gasteiger partial charge in [0.1, 0.15) is 9.71 Å². The fourth-order valence-electron chi connectivity index (χ4n) is 3.36. The normalized spacial score (nSPS) is 15.7.